The van der Waals surface area contributed by atoms with Gasteiger partial charge in [-0.05, 0) is 74.0 Å². The van der Waals surface area contributed by atoms with Crippen LogP contribution in [-0.2, 0) is 19.4 Å². The van der Waals surface area contributed by atoms with Crippen LogP contribution in [0.2, 0.25) is 0 Å². The summed E-state index contributed by atoms with van der Waals surface area (Å²) in [7, 11) is 1.70. The van der Waals surface area contributed by atoms with Gasteiger partial charge in [0.15, 0.2) is 0 Å². The quantitative estimate of drug-likeness (QED) is 0.877. The molecule has 4 rings (SSSR count). The van der Waals surface area contributed by atoms with Gasteiger partial charge in [-0.25, -0.2) is 0 Å². The van der Waals surface area contributed by atoms with Crippen molar-refractivity contribution in [1.29, 1.82) is 0 Å². The molecule has 0 bridgehead atoms. The summed E-state index contributed by atoms with van der Waals surface area (Å²) in [4.78, 5) is 2.48. The summed E-state index contributed by atoms with van der Waals surface area (Å²) in [6, 6.07) is 10.2. The molecule has 2 heterocycles. The minimum Gasteiger partial charge on any atom is -0.496 e. The maximum Gasteiger partial charge on any atom is 0.122 e. The number of fused-ring (bicyclic) bond motifs is 1. The molecular weight excluding hydrogens is 326 g/mol. The Hall–Kier alpha value is -1.78. The van der Waals surface area contributed by atoms with Gasteiger partial charge in [0, 0.05) is 6.42 Å². The van der Waals surface area contributed by atoms with Crippen LogP contribution in [0.3, 0.4) is 0 Å². The van der Waals surface area contributed by atoms with Gasteiger partial charge in [0.25, 0.3) is 0 Å². The predicted molar refractivity (Wildman–Crippen MR) is 101 cm³/mol. The molecule has 1 aliphatic heterocycles. The lowest BCUT2D eigenvalue weighted by Gasteiger charge is -2.30. The van der Waals surface area contributed by atoms with E-state index in [4.69, 9.17) is 9.15 Å². The molecule has 4 heteroatoms. The van der Waals surface area contributed by atoms with E-state index in [-0.39, 0.29) is 5.92 Å². The van der Waals surface area contributed by atoms with E-state index in [1.807, 2.05) is 18.2 Å². The van der Waals surface area contributed by atoms with E-state index in [1.165, 1.54) is 32.4 Å². The van der Waals surface area contributed by atoms with E-state index in [9.17, 15) is 5.11 Å². The highest BCUT2D eigenvalue weighted by Gasteiger charge is 2.30. The van der Waals surface area contributed by atoms with Crippen LogP contribution >= 0.6 is 0 Å². The second kappa shape index (κ2) is 7.85. The summed E-state index contributed by atoms with van der Waals surface area (Å²) in [5, 5.41) is 10.9. The first-order valence-electron chi connectivity index (χ1n) is 9.88. The van der Waals surface area contributed by atoms with Crippen molar-refractivity contribution in [3.8, 4) is 5.75 Å². The highest BCUT2D eigenvalue weighted by atomic mass is 16.5. The lowest BCUT2D eigenvalue weighted by molar-refractivity contribution is 0.0892. The Labute approximate surface area is 155 Å². The molecule has 4 nitrogen and oxygen atoms in total. The highest BCUT2D eigenvalue weighted by Crippen LogP contribution is 2.40. The molecule has 2 atom stereocenters. The number of hydrogen-bond acceptors (Lipinski definition) is 4. The van der Waals surface area contributed by atoms with Gasteiger partial charge in [-0.2, -0.15) is 0 Å². The number of benzene rings is 1. The summed E-state index contributed by atoms with van der Waals surface area (Å²) >= 11 is 0. The average molecular weight is 355 g/mol. The fourth-order valence-corrected chi connectivity index (χ4v) is 4.49. The van der Waals surface area contributed by atoms with E-state index < -0.39 is 6.10 Å². The third-order valence-electron chi connectivity index (χ3n) is 5.93. The lowest BCUT2D eigenvalue weighted by atomic mass is 9.79. The van der Waals surface area contributed by atoms with E-state index in [2.05, 4.69) is 17.0 Å². The van der Waals surface area contributed by atoms with Crippen molar-refractivity contribution in [3.63, 3.8) is 0 Å². The standard InChI is InChI=1S/C22H29NO3/c1-25-21-7-5-6-20-19(21)11-8-16(22(20)24)14-17-9-10-18(26-17)15-23-12-3-2-4-13-23/h5-7,9-10,16,22,24H,2-4,8,11-15H2,1H3. The smallest absolute Gasteiger partial charge is 0.122 e. The first kappa shape index (κ1) is 17.6. The van der Waals surface area contributed by atoms with Crippen LogP contribution in [0, 0.1) is 5.92 Å². The SMILES string of the molecule is COc1cccc2c1CCC(Cc1ccc(CN3CCCCC3)o1)C2O. The normalized spacial score (nSPS) is 23.6. The molecule has 2 unspecified atom stereocenters. The zero-order valence-electron chi connectivity index (χ0n) is 15.6. The predicted octanol–water partition coefficient (Wildman–Crippen LogP) is 4.11. The molecular formula is C22H29NO3. The van der Waals surface area contributed by atoms with Crippen molar-refractivity contribution in [1.82, 2.24) is 4.90 Å². The van der Waals surface area contributed by atoms with Crippen molar-refractivity contribution < 1.29 is 14.3 Å². The maximum atomic E-state index is 10.9. The van der Waals surface area contributed by atoms with Crippen LogP contribution in [0.15, 0.2) is 34.7 Å². The Morgan fingerprint density at radius 3 is 2.73 bits per heavy atom. The number of methoxy groups -OCH3 is 1. The highest BCUT2D eigenvalue weighted by molar-refractivity contribution is 5.43. The largest absolute Gasteiger partial charge is 0.496 e. The zero-order chi connectivity index (χ0) is 17.9. The van der Waals surface area contributed by atoms with Crippen LogP contribution in [0.5, 0.6) is 5.75 Å². The number of likely N-dealkylation sites (tertiary alicyclic amines) is 1. The molecule has 1 fully saturated rings. The summed E-state index contributed by atoms with van der Waals surface area (Å²) in [5.74, 6) is 3.13. The van der Waals surface area contributed by atoms with Gasteiger partial charge in [-0.1, -0.05) is 18.6 Å². The minimum absolute atomic E-state index is 0.198. The molecule has 1 saturated heterocycles. The first-order valence-corrected chi connectivity index (χ1v) is 9.88. The number of nitrogens with zero attached hydrogens (tertiary/aromatic N) is 1. The minimum atomic E-state index is -0.454. The number of rotatable bonds is 5. The molecule has 2 aliphatic rings. The Morgan fingerprint density at radius 2 is 1.92 bits per heavy atom. The third kappa shape index (κ3) is 3.67. The lowest BCUT2D eigenvalue weighted by Crippen LogP contribution is -2.28. The molecule has 1 aliphatic carbocycles. The first-order chi connectivity index (χ1) is 12.7. The van der Waals surface area contributed by atoms with E-state index in [0.29, 0.717) is 0 Å². The van der Waals surface area contributed by atoms with Crippen LogP contribution in [0.1, 0.15) is 54.4 Å². The maximum absolute atomic E-state index is 10.9. The average Bonchev–Trinajstić information content (AvgIpc) is 3.11. The van der Waals surface area contributed by atoms with Gasteiger partial charge < -0.3 is 14.3 Å². The van der Waals surface area contributed by atoms with Crippen molar-refractivity contribution in [2.24, 2.45) is 5.92 Å². The Bertz CT molecular complexity index is 733. The third-order valence-corrected chi connectivity index (χ3v) is 5.93. The molecule has 2 aromatic rings. The molecule has 0 radical (unpaired) electrons. The van der Waals surface area contributed by atoms with Crippen LogP contribution in [0.25, 0.3) is 0 Å². The zero-order valence-corrected chi connectivity index (χ0v) is 15.6. The van der Waals surface area contributed by atoms with Gasteiger partial charge in [0.1, 0.15) is 17.3 Å². The Kier molecular flexibility index (Phi) is 5.32. The fraction of sp³-hybridized carbons (Fsp3) is 0.545. The van der Waals surface area contributed by atoms with Crippen LogP contribution in [0.4, 0.5) is 0 Å². The molecule has 0 saturated carbocycles. The number of furan rings is 1. The van der Waals surface area contributed by atoms with E-state index in [1.54, 1.807) is 7.11 Å². The number of ether oxygens (including phenoxy) is 1. The monoisotopic (exact) mass is 355 g/mol. The Balaban J connectivity index is 1.41. The molecule has 140 valence electrons. The van der Waals surface area contributed by atoms with Crippen molar-refractivity contribution in [2.75, 3.05) is 20.2 Å². The number of aliphatic hydroxyl groups is 1. The van der Waals surface area contributed by atoms with Gasteiger partial charge in [0.05, 0.1) is 19.8 Å². The van der Waals surface area contributed by atoms with Crippen molar-refractivity contribution in [3.05, 3.63) is 53.0 Å². The van der Waals surface area contributed by atoms with Gasteiger partial charge in [-0.15, -0.1) is 0 Å². The molecule has 1 N–H and O–H groups in total. The number of aliphatic hydroxyl groups excluding tert-OH is 1. The van der Waals surface area contributed by atoms with Crippen molar-refractivity contribution in [2.45, 2.75) is 51.2 Å². The fourth-order valence-electron chi connectivity index (χ4n) is 4.49. The van der Waals surface area contributed by atoms with Crippen LogP contribution in [-0.4, -0.2) is 30.2 Å². The second-order valence-electron chi connectivity index (χ2n) is 7.68. The number of hydrogen-bond donors (Lipinski definition) is 1. The topological polar surface area (TPSA) is 45.8 Å². The summed E-state index contributed by atoms with van der Waals surface area (Å²) in [6.45, 7) is 3.26. The molecule has 1 aromatic carbocycles. The van der Waals surface area contributed by atoms with E-state index in [0.717, 1.165) is 54.2 Å². The van der Waals surface area contributed by atoms with Crippen molar-refractivity contribution >= 4 is 0 Å². The van der Waals surface area contributed by atoms with Gasteiger partial charge >= 0.3 is 0 Å². The molecule has 1 aromatic heterocycles. The molecule has 26 heavy (non-hydrogen) atoms. The summed E-state index contributed by atoms with van der Waals surface area (Å²) in [5.41, 5.74) is 2.17. The number of piperidine rings is 1. The van der Waals surface area contributed by atoms with Crippen LogP contribution < -0.4 is 4.74 Å². The van der Waals surface area contributed by atoms with Gasteiger partial charge in [0.2, 0.25) is 0 Å². The van der Waals surface area contributed by atoms with Gasteiger partial charge in [-0.3, -0.25) is 4.90 Å². The second-order valence-corrected chi connectivity index (χ2v) is 7.68. The summed E-state index contributed by atoms with van der Waals surface area (Å²) in [6.07, 6.45) is 6.18. The Morgan fingerprint density at radius 1 is 1.12 bits per heavy atom. The molecule has 0 amide bonds. The van der Waals surface area contributed by atoms with E-state index >= 15 is 0 Å². The molecule has 0 spiro atoms. The summed E-state index contributed by atoms with van der Waals surface area (Å²) < 4.78 is 11.5.